The molecule has 5 heteroatoms. The smallest absolute Gasteiger partial charge is 0.279 e. The maximum absolute atomic E-state index is 12.5. The van der Waals surface area contributed by atoms with E-state index >= 15 is 0 Å². The zero-order valence-electron chi connectivity index (χ0n) is 16.2. The van der Waals surface area contributed by atoms with E-state index in [0.29, 0.717) is 6.54 Å². The van der Waals surface area contributed by atoms with Gasteiger partial charge in [0.05, 0.1) is 7.05 Å². The highest BCUT2D eigenvalue weighted by Crippen LogP contribution is 2.22. The van der Waals surface area contributed by atoms with E-state index in [-0.39, 0.29) is 24.4 Å². The number of fused-ring (bicyclic) bond motifs is 1. The molecule has 0 saturated heterocycles. The largest absolute Gasteiger partial charge is 0.347 e. The first-order valence-electron chi connectivity index (χ1n) is 9.46. The summed E-state index contributed by atoms with van der Waals surface area (Å²) in [6.07, 6.45) is 0. The van der Waals surface area contributed by atoms with Gasteiger partial charge in [0.1, 0.15) is 0 Å². The third-order valence-electron chi connectivity index (χ3n) is 4.95. The van der Waals surface area contributed by atoms with Crippen LogP contribution in [-0.4, -0.2) is 31.4 Å². The Kier molecular flexibility index (Phi) is 6.40. The minimum Gasteiger partial charge on any atom is -0.347 e. The summed E-state index contributed by atoms with van der Waals surface area (Å²) >= 11 is 0. The first-order valence-corrected chi connectivity index (χ1v) is 9.46. The van der Waals surface area contributed by atoms with Crippen LogP contribution < -0.4 is 15.5 Å². The van der Waals surface area contributed by atoms with E-state index in [4.69, 9.17) is 0 Å². The number of amides is 2. The molecular weight excluding hydrogens is 350 g/mol. The molecule has 3 aromatic rings. The van der Waals surface area contributed by atoms with Gasteiger partial charge in [-0.25, -0.2) is 0 Å². The Morgan fingerprint density at radius 2 is 1.61 bits per heavy atom. The Bertz CT molecular complexity index is 951. The second kappa shape index (κ2) is 9.15. The molecule has 2 atom stereocenters. The molecule has 0 spiro atoms. The SMILES string of the molecule is C[C@@H](C(=O)NCc1ccccc1)[NH+](C)CC(=O)Nc1cccc2ccccc12. The average molecular weight is 376 g/mol. The van der Waals surface area contributed by atoms with Crippen LogP contribution in [0.5, 0.6) is 0 Å². The van der Waals surface area contributed by atoms with Crippen molar-refractivity contribution < 1.29 is 14.5 Å². The van der Waals surface area contributed by atoms with Crippen LogP contribution in [0.4, 0.5) is 5.69 Å². The van der Waals surface area contributed by atoms with E-state index in [1.165, 1.54) is 0 Å². The van der Waals surface area contributed by atoms with Crippen molar-refractivity contribution in [3.05, 3.63) is 78.4 Å². The highest BCUT2D eigenvalue weighted by molar-refractivity contribution is 6.02. The summed E-state index contributed by atoms with van der Waals surface area (Å²) < 4.78 is 0. The zero-order valence-corrected chi connectivity index (χ0v) is 16.2. The quantitative estimate of drug-likeness (QED) is 0.591. The van der Waals surface area contributed by atoms with Gasteiger partial charge in [0.15, 0.2) is 12.6 Å². The number of anilines is 1. The van der Waals surface area contributed by atoms with Gasteiger partial charge in [0, 0.05) is 17.6 Å². The molecule has 3 rings (SSSR count). The normalized spacial score (nSPS) is 12.9. The van der Waals surface area contributed by atoms with Crippen molar-refractivity contribution in [2.45, 2.75) is 19.5 Å². The van der Waals surface area contributed by atoms with Crippen LogP contribution in [0.15, 0.2) is 72.8 Å². The van der Waals surface area contributed by atoms with Gasteiger partial charge < -0.3 is 15.5 Å². The summed E-state index contributed by atoms with van der Waals surface area (Å²) in [6, 6.07) is 23.2. The molecule has 28 heavy (non-hydrogen) atoms. The van der Waals surface area contributed by atoms with Crippen LogP contribution in [0, 0.1) is 0 Å². The number of carbonyl (C=O) groups is 2. The first-order chi connectivity index (χ1) is 13.5. The number of likely N-dealkylation sites (N-methyl/N-ethyl adjacent to an activating group) is 1. The Morgan fingerprint density at radius 3 is 2.39 bits per heavy atom. The van der Waals surface area contributed by atoms with E-state index < -0.39 is 0 Å². The van der Waals surface area contributed by atoms with Gasteiger partial charge in [-0.05, 0) is 23.9 Å². The molecule has 5 nitrogen and oxygen atoms in total. The van der Waals surface area contributed by atoms with Crippen LogP contribution in [-0.2, 0) is 16.1 Å². The number of rotatable bonds is 7. The van der Waals surface area contributed by atoms with Crippen LogP contribution in [0.2, 0.25) is 0 Å². The van der Waals surface area contributed by atoms with Crippen LogP contribution >= 0.6 is 0 Å². The second-order valence-electron chi connectivity index (χ2n) is 7.02. The van der Waals surface area contributed by atoms with Crippen molar-refractivity contribution in [3.63, 3.8) is 0 Å². The average Bonchev–Trinajstić information content (AvgIpc) is 2.72. The van der Waals surface area contributed by atoms with Gasteiger partial charge in [-0.1, -0.05) is 66.7 Å². The number of benzene rings is 3. The molecule has 0 aliphatic heterocycles. The lowest BCUT2D eigenvalue weighted by Crippen LogP contribution is -3.15. The van der Waals surface area contributed by atoms with Crippen molar-refractivity contribution >= 4 is 28.3 Å². The summed E-state index contributed by atoms with van der Waals surface area (Å²) in [5.41, 5.74) is 1.84. The van der Waals surface area contributed by atoms with Gasteiger partial charge in [-0.3, -0.25) is 9.59 Å². The number of hydrogen-bond donors (Lipinski definition) is 3. The van der Waals surface area contributed by atoms with Gasteiger partial charge in [0.2, 0.25) is 0 Å². The van der Waals surface area contributed by atoms with Gasteiger partial charge >= 0.3 is 0 Å². The molecule has 1 unspecified atom stereocenters. The fraction of sp³-hybridized carbons (Fsp3) is 0.217. The number of carbonyl (C=O) groups excluding carboxylic acids is 2. The molecule has 0 radical (unpaired) electrons. The van der Waals surface area contributed by atoms with E-state index in [1.807, 2.05) is 86.8 Å². The number of quaternary nitrogens is 1. The van der Waals surface area contributed by atoms with Crippen LogP contribution in [0.1, 0.15) is 12.5 Å². The summed E-state index contributed by atoms with van der Waals surface area (Å²) in [5, 5.41) is 7.99. The molecule has 0 aliphatic carbocycles. The van der Waals surface area contributed by atoms with Crippen LogP contribution in [0.25, 0.3) is 10.8 Å². The maximum atomic E-state index is 12.5. The topological polar surface area (TPSA) is 62.6 Å². The lowest BCUT2D eigenvalue weighted by molar-refractivity contribution is -0.885. The monoisotopic (exact) mass is 376 g/mol. The molecular formula is C23H26N3O2+. The standard InChI is InChI=1S/C23H25N3O2/c1-17(23(28)24-15-18-9-4-3-5-10-18)26(2)16-22(27)25-21-14-8-12-19-11-6-7-13-20(19)21/h3-14,17H,15-16H2,1-2H3,(H,24,28)(H,25,27)/p+1/t17-/m0/s1. The summed E-state index contributed by atoms with van der Waals surface area (Å²) in [4.78, 5) is 25.8. The molecule has 0 saturated carbocycles. The summed E-state index contributed by atoms with van der Waals surface area (Å²) in [5.74, 6) is -0.184. The lowest BCUT2D eigenvalue weighted by atomic mass is 10.1. The Labute approximate surface area is 165 Å². The fourth-order valence-corrected chi connectivity index (χ4v) is 3.10. The molecule has 2 amide bonds. The van der Waals surface area contributed by atoms with Crippen molar-refractivity contribution in [1.29, 1.82) is 0 Å². The van der Waals surface area contributed by atoms with Crippen molar-refractivity contribution in [2.24, 2.45) is 0 Å². The Balaban J connectivity index is 1.55. The third kappa shape index (κ3) is 4.96. The number of nitrogens with one attached hydrogen (secondary N) is 3. The molecule has 144 valence electrons. The van der Waals surface area contributed by atoms with Crippen molar-refractivity contribution in [2.75, 3.05) is 18.9 Å². The summed E-state index contributed by atoms with van der Waals surface area (Å²) in [6.45, 7) is 2.53. The third-order valence-corrected chi connectivity index (χ3v) is 4.95. The highest BCUT2D eigenvalue weighted by atomic mass is 16.2. The first kappa shape index (κ1) is 19.6. The van der Waals surface area contributed by atoms with Crippen molar-refractivity contribution in [3.8, 4) is 0 Å². The Morgan fingerprint density at radius 1 is 0.929 bits per heavy atom. The molecule has 0 fully saturated rings. The van der Waals surface area contributed by atoms with E-state index in [1.54, 1.807) is 0 Å². The molecule has 0 heterocycles. The predicted molar refractivity (Wildman–Crippen MR) is 112 cm³/mol. The molecule has 0 aliphatic rings. The van der Waals surface area contributed by atoms with Gasteiger partial charge in [0.25, 0.3) is 11.8 Å². The van der Waals surface area contributed by atoms with E-state index in [9.17, 15) is 9.59 Å². The Hall–Kier alpha value is -3.18. The lowest BCUT2D eigenvalue weighted by Gasteiger charge is -2.21. The molecule has 3 aromatic carbocycles. The zero-order chi connectivity index (χ0) is 19.9. The van der Waals surface area contributed by atoms with Crippen LogP contribution in [0.3, 0.4) is 0 Å². The van der Waals surface area contributed by atoms with E-state index in [2.05, 4.69) is 10.6 Å². The van der Waals surface area contributed by atoms with Crippen molar-refractivity contribution in [1.82, 2.24) is 5.32 Å². The minimum absolute atomic E-state index is 0.0701. The number of hydrogen-bond acceptors (Lipinski definition) is 2. The maximum Gasteiger partial charge on any atom is 0.279 e. The fourth-order valence-electron chi connectivity index (χ4n) is 3.10. The second-order valence-corrected chi connectivity index (χ2v) is 7.02. The molecule has 3 N–H and O–H groups in total. The minimum atomic E-state index is -0.332. The van der Waals surface area contributed by atoms with Gasteiger partial charge in [-0.2, -0.15) is 0 Å². The molecule has 0 bridgehead atoms. The highest BCUT2D eigenvalue weighted by Gasteiger charge is 2.23. The van der Waals surface area contributed by atoms with E-state index in [0.717, 1.165) is 26.9 Å². The summed E-state index contributed by atoms with van der Waals surface area (Å²) in [7, 11) is 1.86. The van der Waals surface area contributed by atoms with Gasteiger partial charge in [-0.15, -0.1) is 0 Å². The predicted octanol–water partition coefficient (Wildman–Crippen LogP) is 2.00. The molecule has 0 aromatic heterocycles.